The second kappa shape index (κ2) is 10.3. The Balaban J connectivity index is 0.00000342. The molecular formula is C21H22Cl2F3N5O3S. The van der Waals surface area contributed by atoms with Gasteiger partial charge < -0.3 is 5.32 Å². The van der Waals surface area contributed by atoms with Gasteiger partial charge >= 0.3 is 6.18 Å². The number of piperidine rings is 1. The van der Waals surface area contributed by atoms with Crippen molar-refractivity contribution < 1.29 is 21.6 Å². The van der Waals surface area contributed by atoms with Crippen LogP contribution in [-0.4, -0.2) is 58.3 Å². The van der Waals surface area contributed by atoms with Crippen molar-refractivity contribution in [1.29, 1.82) is 0 Å². The fourth-order valence-corrected chi connectivity index (χ4v) is 5.55. The van der Waals surface area contributed by atoms with E-state index in [0.29, 0.717) is 40.0 Å². The zero-order valence-electron chi connectivity index (χ0n) is 18.4. The lowest BCUT2D eigenvalue weighted by molar-refractivity contribution is -0.107. The number of benzene rings is 1. The van der Waals surface area contributed by atoms with E-state index in [1.807, 2.05) is 0 Å². The number of sulfonamides is 1. The number of fused-ring (bicyclic) bond motifs is 1. The number of hydrogen-bond donors (Lipinski definition) is 1. The Bertz CT molecular complexity index is 1390. The number of rotatable bonds is 5. The predicted molar refractivity (Wildman–Crippen MR) is 131 cm³/mol. The molecule has 1 fully saturated rings. The van der Waals surface area contributed by atoms with Crippen LogP contribution in [-0.2, 0) is 17.1 Å². The summed E-state index contributed by atoms with van der Waals surface area (Å²) in [5.41, 5.74) is 1.12. The van der Waals surface area contributed by atoms with Crippen molar-refractivity contribution in [2.24, 2.45) is 7.05 Å². The highest BCUT2D eigenvalue weighted by molar-refractivity contribution is 7.89. The molecule has 0 saturated carbocycles. The van der Waals surface area contributed by atoms with Gasteiger partial charge in [0.25, 0.3) is 5.56 Å². The summed E-state index contributed by atoms with van der Waals surface area (Å²) in [7, 11) is -2.82. The van der Waals surface area contributed by atoms with Gasteiger partial charge in [0.1, 0.15) is 5.65 Å². The van der Waals surface area contributed by atoms with Crippen LogP contribution in [0.5, 0.6) is 0 Å². The largest absolute Gasteiger partial charge is 0.404 e. The molecule has 14 heteroatoms. The lowest BCUT2D eigenvalue weighted by atomic mass is 10.1. The third-order valence-electron chi connectivity index (χ3n) is 5.64. The Morgan fingerprint density at radius 2 is 1.83 bits per heavy atom. The lowest BCUT2D eigenvalue weighted by Crippen LogP contribution is -2.45. The van der Waals surface area contributed by atoms with Crippen molar-refractivity contribution in [2.75, 3.05) is 24.2 Å². The molecule has 0 unspecified atom stereocenters. The van der Waals surface area contributed by atoms with Crippen molar-refractivity contribution >= 4 is 51.0 Å². The molecule has 1 aliphatic heterocycles. The average molecular weight is 552 g/mol. The van der Waals surface area contributed by atoms with E-state index < -0.39 is 22.0 Å². The highest BCUT2D eigenvalue weighted by Gasteiger charge is 2.39. The molecule has 1 aliphatic rings. The monoisotopic (exact) mass is 551 g/mol. The first-order chi connectivity index (χ1) is 15.9. The highest BCUT2D eigenvalue weighted by Crippen LogP contribution is 2.27. The fraction of sp³-hybridized carbons (Fsp3) is 0.381. The van der Waals surface area contributed by atoms with Crippen molar-refractivity contribution in [2.45, 2.75) is 25.1 Å². The van der Waals surface area contributed by atoms with Crippen LogP contribution in [0.1, 0.15) is 12.8 Å². The molecule has 1 aromatic carbocycles. The summed E-state index contributed by atoms with van der Waals surface area (Å²) < 4.78 is 63.8. The molecule has 0 aliphatic carbocycles. The van der Waals surface area contributed by atoms with Crippen LogP contribution >= 0.6 is 24.0 Å². The number of nitrogens with zero attached hydrogens (tertiary/aromatic N) is 4. The van der Waals surface area contributed by atoms with Gasteiger partial charge in [0.15, 0.2) is 5.75 Å². The van der Waals surface area contributed by atoms with Crippen LogP contribution in [0, 0.1) is 0 Å². The Hall–Kier alpha value is -2.41. The maximum Gasteiger partial charge on any atom is 0.404 e. The molecule has 4 rings (SSSR count). The maximum atomic E-state index is 12.9. The zero-order chi connectivity index (χ0) is 24.7. The Morgan fingerprint density at radius 1 is 1.17 bits per heavy atom. The van der Waals surface area contributed by atoms with E-state index in [-0.39, 0.29) is 43.0 Å². The van der Waals surface area contributed by atoms with Gasteiger partial charge in [0, 0.05) is 53.9 Å². The molecule has 0 spiro atoms. The molecule has 8 nitrogen and oxygen atoms in total. The van der Waals surface area contributed by atoms with Crippen LogP contribution in [0.2, 0.25) is 5.02 Å². The van der Waals surface area contributed by atoms with Crippen LogP contribution < -0.4 is 10.9 Å². The van der Waals surface area contributed by atoms with Gasteiger partial charge in [-0.15, -0.1) is 12.4 Å². The highest BCUT2D eigenvalue weighted by atomic mass is 35.5. The first kappa shape index (κ1) is 27.2. The predicted octanol–water partition coefficient (Wildman–Crippen LogP) is 3.84. The molecule has 35 heavy (non-hydrogen) atoms. The third kappa shape index (κ3) is 6.05. The van der Waals surface area contributed by atoms with Crippen LogP contribution in [0.15, 0.2) is 41.3 Å². The van der Waals surface area contributed by atoms with Gasteiger partial charge in [-0.2, -0.15) is 18.2 Å². The smallest absolute Gasteiger partial charge is 0.351 e. The minimum absolute atomic E-state index is 0. The Morgan fingerprint density at radius 3 is 2.46 bits per heavy atom. The molecular weight excluding hydrogens is 530 g/mol. The van der Waals surface area contributed by atoms with Crippen molar-refractivity contribution in [3.63, 3.8) is 0 Å². The first-order valence-corrected chi connectivity index (χ1v) is 12.4. The van der Waals surface area contributed by atoms with Crippen molar-refractivity contribution in [3.8, 4) is 11.1 Å². The molecule has 0 radical (unpaired) electrons. The molecule has 190 valence electrons. The van der Waals surface area contributed by atoms with Crippen LogP contribution in [0.4, 0.5) is 19.1 Å². The number of hydrogen-bond acceptors (Lipinski definition) is 6. The Labute approximate surface area is 210 Å². The molecule has 2 aromatic heterocycles. The van der Waals surface area contributed by atoms with Crippen molar-refractivity contribution in [3.05, 3.63) is 51.9 Å². The molecule has 0 amide bonds. The fourth-order valence-electron chi connectivity index (χ4n) is 3.95. The normalized spacial score (nSPS) is 15.7. The molecule has 1 saturated heterocycles. The SMILES string of the molecule is Cl.Cn1c(=O)c(-c2ccccc2Cl)cc2cnc(NC3CCN(S(=O)(=O)CC(F)(F)F)CC3)nc21. The quantitative estimate of drug-likeness (QED) is 0.517. The standard InChI is InChI=1S/C21H21ClF3N5O3S.ClH/c1-29-18-13(10-16(19(29)31)15-4-2-3-5-17(15)22)11-26-20(28-18)27-14-6-8-30(9-7-14)34(32,33)12-21(23,24)25;/h2-5,10-11,14H,6-9,12H2,1H3,(H,26,27,28);1H. The summed E-state index contributed by atoms with van der Waals surface area (Å²) in [6.45, 7) is -0.0767. The maximum absolute atomic E-state index is 12.9. The second-order valence-corrected chi connectivity index (χ2v) is 10.4. The number of aromatic nitrogens is 3. The van der Waals surface area contributed by atoms with Gasteiger partial charge in [0.2, 0.25) is 16.0 Å². The molecule has 0 bridgehead atoms. The first-order valence-electron chi connectivity index (χ1n) is 10.4. The summed E-state index contributed by atoms with van der Waals surface area (Å²) in [5.74, 6) is -1.62. The summed E-state index contributed by atoms with van der Waals surface area (Å²) in [4.78, 5) is 21.7. The summed E-state index contributed by atoms with van der Waals surface area (Å²) >= 11 is 6.25. The van der Waals surface area contributed by atoms with E-state index in [2.05, 4.69) is 15.3 Å². The van der Waals surface area contributed by atoms with Crippen LogP contribution in [0.25, 0.3) is 22.2 Å². The van der Waals surface area contributed by atoms with E-state index in [9.17, 15) is 26.4 Å². The van der Waals surface area contributed by atoms with E-state index in [1.165, 1.54) is 4.57 Å². The van der Waals surface area contributed by atoms with Crippen molar-refractivity contribution in [1.82, 2.24) is 18.8 Å². The van der Waals surface area contributed by atoms with Gasteiger partial charge in [0.05, 0.1) is 0 Å². The topological polar surface area (TPSA) is 97.2 Å². The number of alkyl halides is 3. The van der Waals surface area contributed by atoms with Gasteiger partial charge in [-0.1, -0.05) is 29.8 Å². The third-order valence-corrected chi connectivity index (χ3v) is 7.81. The average Bonchev–Trinajstić information content (AvgIpc) is 2.76. The number of anilines is 1. The minimum atomic E-state index is -4.78. The zero-order valence-corrected chi connectivity index (χ0v) is 20.8. The van der Waals surface area contributed by atoms with E-state index in [1.54, 1.807) is 43.6 Å². The summed E-state index contributed by atoms with van der Waals surface area (Å²) in [5, 5.41) is 4.16. The van der Waals surface area contributed by atoms with Crippen LogP contribution in [0.3, 0.4) is 0 Å². The lowest BCUT2D eigenvalue weighted by Gasteiger charge is -2.31. The molecule has 1 N–H and O–H groups in total. The van der Waals surface area contributed by atoms with Gasteiger partial charge in [-0.05, 0) is 25.0 Å². The number of pyridine rings is 1. The molecule has 3 heterocycles. The van der Waals surface area contributed by atoms with E-state index in [0.717, 1.165) is 4.31 Å². The number of nitrogens with one attached hydrogen (secondary N) is 1. The molecule has 0 atom stereocenters. The molecule has 3 aromatic rings. The number of halogens is 5. The number of aryl methyl sites for hydroxylation is 1. The van der Waals surface area contributed by atoms with E-state index >= 15 is 0 Å². The van der Waals surface area contributed by atoms with Gasteiger partial charge in [-0.3, -0.25) is 9.36 Å². The summed E-state index contributed by atoms with van der Waals surface area (Å²) in [6.07, 6.45) is -2.63. The van der Waals surface area contributed by atoms with Gasteiger partial charge in [-0.25, -0.2) is 17.7 Å². The van der Waals surface area contributed by atoms with E-state index in [4.69, 9.17) is 11.6 Å². The second-order valence-electron chi connectivity index (χ2n) is 8.06. The minimum Gasteiger partial charge on any atom is -0.351 e. The summed E-state index contributed by atoms with van der Waals surface area (Å²) in [6, 6.07) is 8.45. The Kier molecular flexibility index (Phi) is 7.99.